The lowest BCUT2D eigenvalue weighted by atomic mass is 10.1. The van der Waals surface area contributed by atoms with E-state index in [1.807, 2.05) is 41.3 Å². The highest BCUT2D eigenvalue weighted by molar-refractivity contribution is 7.17. The first-order valence-electron chi connectivity index (χ1n) is 9.57. The van der Waals surface area contributed by atoms with Crippen LogP contribution in [0.25, 0.3) is 10.1 Å². The molecule has 5 nitrogen and oxygen atoms in total. The maximum Gasteiger partial charge on any atom is 0.315 e. The fourth-order valence-electron chi connectivity index (χ4n) is 3.54. The van der Waals surface area contributed by atoms with E-state index in [1.165, 1.54) is 15.6 Å². The van der Waals surface area contributed by atoms with Crippen molar-refractivity contribution in [2.24, 2.45) is 0 Å². The Balaban J connectivity index is 1.26. The highest BCUT2D eigenvalue weighted by Crippen LogP contribution is 2.25. The standard InChI is InChI=1S/C22H23N3O2S/c26-21-9-4-12-25(21)18-6-3-5-16(13-18)14-24-22(27)23-11-10-17-15-28-20-8-2-1-7-19(17)20/h1-3,5-8,13,15H,4,9-12,14H2,(H2,23,24,27). The SMILES string of the molecule is O=C(NCCc1csc2ccccc12)NCc1cccc(N2CCCC2=O)c1. The van der Waals surface area contributed by atoms with Gasteiger partial charge in [0, 0.05) is 36.4 Å². The molecule has 4 rings (SSSR count). The fourth-order valence-corrected chi connectivity index (χ4v) is 4.53. The second kappa shape index (κ2) is 8.44. The normalized spacial score (nSPS) is 13.9. The number of nitrogens with one attached hydrogen (secondary N) is 2. The Hall–Kier alpha value is -2.86. The summed E-state index contributed by atoms with van der Waals surface area (Å²) in [5, 5.41) is 9.25. The van der Waals surface area contributed by atoms with Gasteiger partial charge in [0.1, 0.15) is 0 Å². The van der Waals surface area contributed by atoms with E-state index in [0.29, 0.717) is 19.5 Å². The minimum atomic E-state index is -0.179. The van der Waals surface area contributed by atoms with Crippen LogP contribution >= 0.6 is 11.3 Å². The number of rotatable bonds is 6. The molecule has 1 aliphatic heterocycles. The predicted octanol–water partition coefficient (Wildman–Crippen LogP) is 4.07. The number of hydrogen-bond acceptors (Lipinski definition) is 3. The molecule has 3 aromatic rings. The van der Waals surface area contributed by atoms with Crippen LogP contribution in [0.1, 0.15) is 24.0 Å². The molecule has 3 amide bonds. The highest BCUT2D eigenvalue weighted by Gasteiger charge is 2.21. The van der Waals surface area contributed by atoms with Crippen molar-refractivity contribution in [1.29, 1.82) is 0 Å². The minimum Gasteiger partial charge on any atom is -0.338 e. The number of benzene rings is 2. The molecule has 0 spiro atoms. The molecule has 0 atom stereocenters. The van der Waals surface area contributed by atoms with Crippen molar-refractivity contribution in [2.75, 3.05) is 18.0 Å². The summed E-state index contributed by atoms with van der Waals surface area (Å²) in [5.41, 5.74) is 3.16. The third-order valence-corrected chi connectivity index (χ3v) is 6.00. The monoisotopic (exact) mass is 393 g/mol. The first kappa shape index (κ1) is 18.5. The van der Waals surface area contributed by atoms with Gasteiger partial charge in [-0.3, -0.25) is 4.79 Å². The second-order valence-electron chi connectivity index (χ2n) is 6.94. The Bertz CT molecular complexity index is 998. The molecule has 2 heterocycles. The molecule has 1 saturated heterocycles. The fraction of sp³-hybridized carbons (Fsp3) is 0.273. The number of carbonyl (C=O) groups excluding carboxylic acids is 2. The van der Waals surface area contributed by atoms with E-state index in [0.717, 1.165) is 30.6 Å². The lowest BCUT2D eigenvalue weighted by Crippen LogP contribution is -2.36. The second-order valence-corrected chi connectivity index (χ2v) is 7.85. The van der Waals surface area contributed by atoms with E-state index in [4.69, 9.17) is 0 Å². The number of hydrogen-bond donors (Lipinski definition) is 2. The molecule has 2 aromatic carbocycles. The van der Waals surface area contributed by atoms with Crippen molar-refractivity contribution in [3.63, 3.8) is 0 Å². The zero-order valence-electron chi connectivity index (χ0n) is 15.6. The zero-order valence-corrected chi connectivity index (χ0v) is 16.4. The van der Waals surface area contributed by atoms with E-state index in [1.54, 1.807) is 11.3 Å². The molecule has 144 valence electrons. The molecule has 28 heavy (non-hydrogen) atoms. The Morgan fingerprint density at radius 2 is 2.00 bits per heavy atom. The van der Waals surface area contributed by atoms with Gasteiger partial charge in [-0.05, 0) is 52.9 Å². The lowest BCUT2D eigenvalue weighted by molar-refractivity contribution is -0.117. The molecular weight excluding hydrogens is 370 g/mol. The maximum atomic E-state index is 12.1. The van der Waals surface area contributed by atoms with Gasteiger partial charge in [0.05, 0.1) is 0 Å². The van der Waals surface area contributed by atoms with Crippen molar-refractivity contribution in [3.8, 4) is 0 Å². The summed E-state index contributed by atoms with van der Waals surface area (Å²) in [6.07, 6.45) is 2.33. The van der Waals surface area contributed by atoms with Crippen LogP contribution in [-0.4, -0.2) is 25.0 Å². The lowest BCUT2D eigenvalue weighted by Gasteiger charge is -2.16. The van der Waals surface area contributed by atoms with Crippen molar-refractivity contribution in [3.05, 3.63) is 65.0 Å². The van der Waals surface area contributed by atoms with Gasteiger partial charge in [-0.2, -0.15) is 0 Å². The molecule has 0 aliphatic carbocycles. The molecular formula is C22H23N3O2S. The molecule has 0 radical (unpaired) electrons. The van der Waals surface area contributed by atoms with Gasteiger partial charge in [-0.1, -0.05) is 30.3 Å². The topological polar surface area (TPSA) is 61.4 Å². The average molecular weight is 394 g/mol. The molecule has 0 saturated carbocycles. The number of amides is 3. The van der Waals surface area contributed by atoms with Crippen LogP contribution < -0.4 is 15.5 Å². The number of nitrogens with zero attached hydrogens (tertiary/aromatic N) is 1. The molecule has 0 bridgehead atoms. The summed E-state index contributed by atoms with van der Waals surface area (Å²) in [6, 6.07) is 16.0. The smallest absolute Gasteiger partial charge is 0.315 e. The molecule has 1 aliphatic rings. The summed E-state index contributed by atoms with van der Waals surface area (Å²) < 4.78 is 1.28. The van der Waals surface area contributed by atoms with Crippen LogP contribution in [0.4, 0.5) is 10.5 Å². The van der Waals surface area contributed by atoms with Crippen LogP contribution in [0.15, 0.2) is 53.9 Å². The van der Waals surface area contributed by atoms with Crippen molar-refractivity contribution in [2.45, 2.75) is 25.8 Å². The van der Waals surface area contributed by atoms with Crippen LogP contribution in [0.5, 0.6) is 0 Å². The highest BCUT2D eigenvalue weighted by atomic mass is 32.1. The number of urea groups is 1. The first-order valence-corrected chi connectivity index (χ1v) is 10.4. The quantitative estimate of drug-likeness (QED) is 0.663. The molecule has 6 heteroatoms. The Kier molecular flexibility index (Phi) is 5.58. The Morgan fingerprint density at radius 1 is 1.11 bits per heavy atom. The molecule has 1 fully saturated rings. The van der Waals surface area contributed by atoms with E-state index in [-0.39, 0.29) is 11.9 Å². The van der Waals surface area contributed by atoms with Crippen LogP contribution in [-0.2, 0) is 17.8 Å². The molecule has 0 unspecified atom stereocenters. The molecule has 2 N–H and O–H groups in total. The van der Waals surface area contributed by atoms with Gasteiger partial charge in [-0.25, -0.2) is 4.79 Å². The van der Waals surface area contributed by atoms with Crippen molar-refractivity contribution in [1.82, 2.24) is 10.6 Å². The summed E-state index contributed by atoms with van der Waals surface area (Å²) >= 11 is 1.74. The first-order chi connectivity index (χ1) is 13.7. The predicted molar refractivity (Wildman–Crippen MR) is 114 cm³/mol. The summed E-state index contributed by atoms with van der Waals surface area (Å²) in [7, 11) is 0. The zero-order chi connectivity index (χ0) is 19.3. The average Bonchev–Trinajstić information content (AvgIpc) is 3.33. The van der Waals surface area contributed by atoms with Gasteiger partial charge in [-0.15, -0.1) is 11.3 Å². The minimum absolute atomic E-state index is 0.170. The largest absolute Gasteiger partial charge is 0.338 e. The third-order valence-electron chi connectivity index (χ3n) is 4.99. The van der Waals surface area contributed by atoms with Crippen LogP contribution in [0, 0.1) is 0 Å². The number of carbonyl (C=O) groups is 2. The summed E-state index contributed by atoms with van der Waals surface area (Å²) in [5.74, 6) is 0.170. The summed E-state index contributed by atoms with van der Waals surface area (Å²) in [4.78, 5) is 25.8. The Morgan fingerprint density at radius 3 is 2.86 bits per heavy atom. The Labute approximate surface area is 168 Å². The summed E-state index contributed by atoms with van der Waals surface area (Å²) in [6.45, 7) is 1.80. The van der Waals surface area contributed by atoms with E-state index < -0.39 is 0 Å². The van der Waals surface area contributed by atoms with Gasteiger partial charge < -0.3 is 15.5 Å². The number of fused-ring (bicyclic) bond motifs is 1. The van der Waals surface area contributed by atoms with Gasteiger partial charge in [0.2, 0.25) is 5.91 Å². The number of thiophene rings is 1. The van der Waals surface area contributed by atoms with E-state index >= 15 is 0 Å². The van der Waals surface area contributed by atoms with Gasteiger partial charge in [0.15, 0.2) is 0 Å². The third kappa shape index (κ3) is 4.17. The van der Waals surface area contributed by atoms with Crippen molar-refractivity contribution < 1.29 is 9.59 Å². The van der Waals surface area contributed by atoms with E-state index in [2.05, 4.69) is 28.1 Å². The van der Waals surface area contributed by atoms with E-state index in [9.17, 15) is 9.59 Å². The van der Waals surface area contributed by atoms with Gasteiger partial charge in [0.25, 0.3) is 0 Å². The number of anilines is 1. The molecule has 1 aromatic heterocycles. The van der Waals surface area contributed by atoms with Crippen LogP contribution in [0.2, 0.25) is 0 Å². The van der Waals surface area contributed by atoms with Crippen LogP contribution in [0.3, 0.4) is 0 Å². The van der Waals surface area contributed by atoms with Gasteiger partial charge >= 0.3 is 6.03 Å². The van der Waals surface area contributed by atoms with Crippen molar-refractivity contribution >= 4 is 39.0 Å². The maximum absolute atomic E-state index is 12.1.